The van der Waals surface area contributed by atoms with Gasteiger partial charge in [-0.05, 0) is 56.5 Å². The summed E-state index contributed by atoms with van der Waals surface area (Å²) in [4.78, 5) is 15.5. The zero-order chi connectivity index (χ0) is 14.9. The third-order valence-corrected chi connectivity index (χ3v) is 5.77. The number of hydrogen-bond acceptors (Lipinski definition) is 2. The highest BCUT2D eigenvalue weighted by molar-refractivity contribution is 6.36. The molecule has 1 saturated carbocycles. The van der Waals surface area contributed by atoms with Crippen molar-refractivity contribution in [1.29, 1.82) is 0 Å². The molecule has 0 bridgehead atoms. The molecular formula is C17H21Cl2NO. The van der Waals surface area contributed by atoms with Gasteiger partial charge in [0, 0.05) is 16.5 Å². The van der Waals surface area contributed by atoms with Crippen LogP contribution in [-0.2, 0) is 11.2 Å². The molecule has 2 fully saturated rings. The smallest absolute Gasteiger partial charge is 0.157 e. The van der Waals surface area contributed by atoms with Crippen molar-refractivity contribution >= 4 is 29.0 Å². The Balaban J connectivity index is 1.85. The predicted molar refractivity (Wildman–Crippen MR) is 87.2 cm³/mol. The molecule has 1 heterocycles. The Morgan fingerprint density at radius 3 is 2.19 bits per heavy atom. The summed E-state index contributed by atoms with van der Waals surface area (Å²) in [5.41, 5.74) is 0.537. The zero-order valence-corrected chi connectivity index (χ0v) is 13.7. The average molecular weight is 326 g/mol. The molecule has 0 N–H and O–H groups in total. The monoisotopic (exact) mass is 325 g/mol. The Labute approximate surface area is 136 Å². The molecule has 0 radical (unpaired) electrons. The van der Waals surface area contributed by atoms with E-state index in [2.05, 4.69) is 4.90 Å². The molecule has 2 aliphatic rings. The van der Waals surface area contributed by atoms with E-state index >= 15 is 0 Å². The average Bonchev–Trinajstić information content (AvgIpc) is 3.13. The Bertz CT molecular complexity index is 511. The third kappa shape index (κ3) is 2.86. The van der Waals surface area contributed by atoms with E-state index in [1.165, 1.54) is 12.8 Å². The van der Waals surface area contributed by atoms with Crippen molar-refractivity contribution in [2.24, 2.45) is 0 Å². The summed E-state index contributed by atoms with van der Waals surface area (Å²) in [5, 5.41) is 1.20. The Kier molecular flexibility index (Phi) is 4.58. The molecule has 0 spiro atoms. The molecule has 1 saturated heterocycles. The van der Waals surface area contributed by atoms with Gasteiger partial charge in [-0.2, -0.15) is 0 Å². The number of likely N-dealkylation sites (tertiary alicyclic amines) is 1. The number of hydrogen-bond donors (Lipinski definition) is 0. The van der Waals surface area contributed by atoms with Crippen LogP contribution in [0, 0.1) is 0 Å². The van der Waals surface area contributed by atoms with E-state index in [9.17, 15) is 4.79 Å². The number of Topliss-reactive ketones (excluding diaryl/α,β-unsaturated/α-hetero) is 1. The number of halogens is 2. The van der Waals surface area contributed by atoms with Crippen LogP contribution in [0.2, 0.25) is 10.0 Å². The van der Waals surface area contributed by atoms with Crippen LogP contribution in [-0.4, -0.2) is 29.3 Å². The topological polar surface area (TPSA) is 20.3 Å². The molecule has 21 heavy (non-hydrogen) atoms. The van der Waals surface area contributed by atoms with E-state index in [-0.39, 0.29) is 5.54 Å². The van der Waals surface area contributed by atoms with Gasteiger partial charge in [0.05, 0.1) is 5.54 Å². The minimum atomic E-state index is -0.251. The van der Waals surface area contributed by atoms with Crippen LogP contribution in [0.3, 0.4) is 0 Å². The fraction of sp³-hybridized carbons (Fsp3) is 0.588. The number of carbonyl (C=O) groups is 1. The number of carbonyl (C=O) groups excluding carboxylic acids is 1. The first-order valence-corrected chi connectivity index (χ1v) is 8.60. The van der Waals surface area contributed by atoms with Crippen molar-refractivity contribution in [2.75, 3.05) is 13.1 Å². The summed E-state index contributed by atoms with van der Waals surface area (Å²) < 4.78 is 0. The standard InChI is InChI=1S/C17H21Cl2NO/c18-14-6-5-7-15(19)13(14)12-16(21)17(8-1-2-9-17)20-10-3-4-11-20/h5-7H,1-4,8-12H2. The summed E-state index contributed by atoms with van der Waals surface area (Å²) >= 11 is 12.5. The van der Waals surface area contributed by atoms with Crippen molar-refractivity contribution in [3.63, 3.8) is 0 Å². The fourth-order valence-electron chi connectivity index (χ4n) is 3.90. The van der Waals surface area contributed by atoms with Gasteiger partial charge in [0.1, 0.15) is 0 Å². The van der Waals surface area contributed by atoms with Gasteiger partial charge in [0.25, 0.3) is 0 Å². The number of benzene rings is 1. The Morgan fingerprint density at radius 1 is 1.05 bits per heavy atom. The van der Waals surface area contributed by atoms with Gasteiger partial charge >= 0.3 is 0 Å². The van der Waals surface area contributed by atoms with Gasteiger partial charge in [0.15, 0.2) is 5.78 Å². The summed E-state index contributed by atoms with van der Waals surface area (Å²) in [7, 11) is 0. The maximum atomic E-state index is 13.1. The van der Waals surface area contributed by atoms with Crippen molar-refractivity contribution in [3.05, 3.63) is 33.8 Å². The fourth-order valence-corrected chi connectivity index (χ4v) is 4.43. The lowest BCUT2D eigenvalue weighted by Crippen LogP contribution is -2.52. The molecule has 4 heteroatoms. The minimum absolute atomic E-state index is 0.251. The van der Waals surface area contributed by atoms with Crippen molar-refractivity contribution < 1.29 is 4.79 Å². The van der Waals surface area contributed by atoms with Gasteiger partial charge < -0.3 is 0 Å². The number of rotatable bonds is 4. The maximum absolute atomic E-state index is 13.1. The molecule has 0 amide bonds. The van der Waals surface area contributed by atoms with Crippen LogP contribution in [0.5, 0.6) is 0 Å². The first kappa shape index (κ1) is 15.3. The van der Waals surface area contributed by atoms with Crippen LogP contribution in [0.15, 0.2) is 18.2 Å². The predicted octanol–water partition coefficient (Wildman–Crippen LogP) is 4.51. The zero-order valence-electron chi connectivity index (χ0n) is 12.2. The maximum Gasteiger partial charge on any atom is 0.157 e. The first-order chi connectivity index (χ1) is 10.1. The highest BCUT2D eigenvalue weighted by Crippen LogP contribution is 2.39. The Morgan fingerprint density at radius 2 is 1.62 bits per heavy atom. The molecule has 3 rings (SSSR count). The molecular weight excluding hydrogens is 305 g/mol. The molecule has 0 aromatic heterocycles. The molecule has 114 valence electrons. The second-order valence-corrected chi connectivity index (χ2v) is 7.05. The minimum Gasteiger partial charge on any atom is -0.297 e. The van der Waals surface area contributed by atoms with E-state index in [1.807, 2.05) is 18.2 Å². The summed E-state index contributed by atoms with van der Waals surface area (Å²) in [5.74, 6) is 0.303. The lowest BCUT2D eigenvalue weighted by molar-refractivity contribution is -0.129. The first-order valence-electron chi connectivity index (χ1n) is 7.85. The molecule has 1 aliphatic carbocycles. The molecule has 1 aromatic carbocycles. The third-order valence-electron chi connectivity index (χ3n) is 5.06. The van der Waals surface area contributed by atoms with Crippen LogP contribution in [0.25, 0.3) is 0 Å². The van der Waals surface area contributed by atoms with E-state index in [1.54, 1.807) is 0 Å². The highest BCUT2D eigenvalue weighted by Gasteiger charge is 2.46. The second-order valence-electron chi connectivity index (χ2n) is 6.23. The van der Waals surface area contributed by atoms with E-state index in [0.29, 0.717) is 22.2 Å². The van der Waals surface area contributed by atoms with Gasteiger partial charge in [-0.3, -0.25) is 9.69 Å². The molecule has 0 unspecified atom stereocenters. The van der Waals surface area contributed by atoms with Crippen LogP contribution in [0.4, 0.5) is 0 Å². The van der Waals surface area contributed by atoms with E-state index < -0.39 is 0 Å². The highest BCUT2D eigenvalue weighted by atomic mass is 35.5. The quantitative estimate of drug-likeness (QED) is 0.811. The number of ketones is 1. The lowest BCUT2D eigenvalue weighted by Gasteiger charge is -2.37. The van der Waals surface area contributed by atoms with Crippen molar-refractivity contribution in [2.45, 2.75) is 50.5 Å². The Hall–Kier alpha value is -0.570. The van der Waals surface area contributed by atoms with E-state index in [4.69, 9.17) is 23.2 Å². The van der Waals surface area contributed by atoms with Crippen molar-refractivity contribution in [1.82, 2.24) is 4.90 Å². The summed E-state index contributed by atoms with van der Waals surface area (Å²) in [6.07, 6.45) is 7.07. The normalized spacial score (nSPS) is 21.8. The molecule has 1 aliphatic heterocycles. The SMILES string of the molecule is O=C(Cc1c(Cl)cccc1Cl)C1(N2CCCC2)CCCC1. The summed E-state index contributed by atoms with van der Waals surface area (Å²) in [6, 6.07) is 5.45. The lowest BCUT2D eigenvalue weighted by atomic mass is 9.86. The van der Waals surface area contributed by atoms with E-state index in [0.717, 1.165) is 44.3 Å². The van der Waals surface area contributed by atoms with Gasteiger partial charge in [-0.25, -0.2) is 0 Å². The molecule has 2 nitrogen and oxygen atoms in total. The largest absolute Gasteiger partial charge is 0.297 e. The summed E-state index contributed by atoms with van der Waals surface area (Å²) in [6.45, 7) is 2.12. The molecule has 0 atom stereocenters. The molecule has 1 aromatic rings. The number of nitrogens with zero attached hydrogens (tertiary/aromatic N) is 1. The van der Waals surface area contributed by atoms with Gasteiger partial charge in [-0.15, -0.1) is 0 Å². The van der Waals surface area contributed by atoms with Crippen LogP contribution >= 0.6 is 23.2 Å². The second kappa shape index (κ2) is 6.28. The van der Waals surface area contributed by atoms with Crippen LogP contribution < -0.4 is 0 Å². The van der Waals surface area contributed by atoms with Crippen LogP contribution in [0.1, 0.15) is 44.1 Å². The van der Waals surface area contributed by atoms with Crippen molar-refractivity contribution in [3.8, 4) is 0 Å². The van der Waals surface area contributed by atoms with Gasteiger partial charge in [-0.1, -0.05) is 42.1 Å². The van der Waals surface area contributed by atoms with Gasteiger partial charge in [0.2, 0.25) is 0 Å².